The van der Waals surface area contributed by atoms with E-state index in [1.165, 1.54) is 11.1 Å². The summed E-state index contributed by atoms with van der Waals surface area (Å²) in [6, 6.07) is 20.9. The molecule has 0 radical (unpaired) electrons. The van der Waals surface area contributed by atoms with Gasteiger partial charge in [0.15, 0.2) is 5.96 Å². The van der Waals surface area contributed by atoms with Crippen molar-refractivity contribution in [3.05, 3.63) is 71.8 Å². The highest BCUT2D eigenvalue weighted by atomic mass is 16.2. The number of carbonyl (C=O) groups excluding carboxylic acids is 1. The van der Waals surface area contributed by atoms with Gasteiger partial charge in [-0.05, 0) is 44.5 Å². The van der Waals surface area contributed by atoms with E-state index in [0.29, 0.717) is 18.9 Å². The SMILES string of the molecule is CCNC(=NCC1CC(=O)N(CCc2ccccc2)C1)NCCCN(C)Cc1ccccc1. The Bertz CT molecular complexity index is 855. The van der Waals surface area contributed by atoms with Crippen molar-refractivity contribution in [2.75, 3.05) is 46.3 Å². The van der Waals surface area contributed by atoms with Crippen LogP contribution in [0.1, 0.15) is 30.9 Å². The van der Waals surface area contributed by atoms with Crippen molar-refractivity contribution < 1.29 is 4.79 Å². The normalized spacial score (nSPS) is 16.5. The molecule has 1 unspecified atom stereocenters. The Morgan fingerprint density at radius 2 is 1.76 bits per heavy atom. The maximum Gasteiger partial charge on any atom is 0.223 e. The van der Waals surface area contributed by atoms with E-state index in [1.807, 2.05) is 11.0 Å². The van der Waals surface area contributed by atoms with Crippen molar-refractivity contribution in [3.63, 3.8) is 0 Å². The summed E-state index contributed by atoms with van der Waals surface area (Å²) in [4.78, 5) is 21.5. The predicted molar refractivity (Wildman–Crippen MR) is 136 cm³/mol. The van der Waals surface area contributed by atoms with Crippen molar-refractivity contribution in [3.8, 4) is 0 Å². The van der Waals surface area contributed by atoms with E-state index in [0.717, 1.165) is 58.1 Å². The number of nitrogens with zero attached hydrogens (tertiary/aromatic N) is 3. The Hall–Kier alpha value is -2.86. The van der Waals surface area contributed by atoms with Gasteiger partial charge in [-0.15, -0.1) is 0 Å². The van der Waals surface area contributed by atoms with Gasteiger partial charge < -0.3 is 20.4 Å². The summed E-state index contributed by atoms with van der Waals surface area (Å²) < 4.78 is 0. The number of rotatable bonds is 12. The number of hydrogen-bond donors (Lipinski definition) is 2. The molecule has 0 bridgehead atoms. The average molecular weight is 450 g/mol. The Balaban J connectivity index is 1.37. The molecule has 1 heterocycles. The number of aliphatic imine (C=N–C) groups is 1. The molecule has 178 valence electrons. The Morgan fingerprint density at radius 3 is 2.45 bits per heavy atom. The lowest BCUT2D eigenvalue weighted by Gasteiger charge is -2.18. The van der Waals surface area contributed by atoms with Gasteiger partial charge >= 0.3 is 0 Å². The van der Waals surface area contributed by atoms with Crippen LogP contribution in [-0.4, -0.2) is 68.0 Å². The van der Waals surface area contributed by atoms with Crippen LogP contribution < -0.4 is 10.6 Å². The van der Waals surface area contributed by atoms with Crippen LogP contribution in [0.3, 0.4) is 0 Å². The summed E-state index contributed by atoms with van der Waals surface area (Å²) in [5.74, 6) is 1.39. The molecule has 2 N–H and O–H groups in total. The van der Waals surface area contributed by atoms with Crippen molar-refractivity contribution >= 4 is 11.9 Å². The first-order valence-corrected chi connectivity index (χ1v) is 12.2. The van der Waals surface area contributed by atoms with Gasteiger partial charge in [-0.1, -0.05) is 60.7 Å². The molecule has 1 fully saturated rings. The number of amides is 1. The number of likely N-dealkylation sites (tertiary alicyclic amines) is 1. The second kappa shape index (κ2) is 13.6. The summed E-state index contributed by atoms with van der Waals surface area (Å²) in [6.07, 6.45) is 2.55. The van der Waals surface area contributed by atoms with Crippen LogP contribution in [0.5, 0.6) is 0 Å². The van der Waals surface area contributed by atoms with E-state index in [9.17, 15) is 4.79 Å². The molecule has 0 spiro atoms. The molecular formula is C27H39N5O. The third-order valence-electron chi connectivity index (χ3n) is 5.96. The second-order valence-electron chi connectivity index (χ2n) is 8.87. The summed E-state index contributed by atoms with van der Waals surface area (Å²) in [7, 11) is 2.16. The van der Waals surface area contributed by atoms with Crippen molar-refractivity contribution in [1.29, 1.82) is 0 Å². The minimum absolute atomic E-state index is 0.255. The highest BCUT2D eigenvalue weighted by Crippen LogP contribution is 2.18. The highest BCUT2D eigenvalue weighted by Gasteiger charge is 2.28. The Kier molecular flexibility index (Phi) is 10.2. The van der Waals surface area contributed by atoms with Crippen LogP contribution >= 0.6 is 0 Å². The van der Waals surface area contributed by atoms with Crippen LogP contribution in [0.4, 0.5) is 0 Å². The van der Waals surface area contributed by atoms with Gasteiger partial charge in [-0.25, -0.2) is 0 Å². The van der Waals surface area contributed by atoms with Gasteiger partial charge in [0.2, 0.25) is 5.91 Å². The molecule has 1 saturated heterocycles. The van der Waals surface area contributed by atoms with Gasteiger partial charge in [-0.2, -0.15) is 0 Å². The maximum absolute atomic E-state index is 12.4. The first kappa shape index (κ1) is 24.8. The van der Waals surface area contributed by atoms with Crippen LogP contribution in [0.2, 0.25) is 0 Å². The van der Waals surface area contributed by atoms with Gasteiger partial charge in [0.25, 0.3) is 0 Å². The maximum atomic E-state index is 12.4. The van der Waals surface area contributed by atoms with Crippen molar-refractivity contribution in [2.24, 2.45) is 10.9 Å². The van der Waals surface area contributed by atoms with Crippen LogP contribution in [-0.2, 0) is 17.8 Å². The third kappa shape index (κ3) is 8.89. The van der Waals surface area contributed by atoms with E-state index in [4.69, 9.17) is 4.99 Å². The number of carbonyl (C=O) groups is 1. The molecule has 0 aliphatic carbocycles. The zero-order valence-corrected chi connectivity index (χ0v) is 20.2. The zero-order valence-electron chi connectivity index (χ0n) is 20.2. The quantitative estimate of drug-likeness (QED) is 0.297. The number of benzene rings is 2. The minimum atomic E-state index is 0.255. The Labute approximate surface area is 199 Å². The zero-order chi connectivity index (χ0) is 23.3. The van der Waals surface area contributed by atoms with Crippen molar-refractivity contribution in [2.45, 2.75) is 32.7 Å². The lowest BCUT2D eigenvalue weighted by molar-refractivity contribution is -0.127. The largest absolute Gasteiger partial charge is 0.357 e. The smallest absolute Gasteiger partial charge is 0.223 e. The number of hydrogen-bond acceptors (Lipinski definition) is 3. The molecule has 2 aromatic rings. The van der Waals surface area contributed by atoms with E-state index in [-0.39, 0.29) is 5.91 Å². The number of nitrogens with one attached hydrogen (secondary N) is 2. The lowest BCUT2D eigenvalue weighted by atomic mass is 10.1. The molecule has 0 saturated carbocycles. The molecule has 6 heteroatoms. The van der Waals surface area contributed by atoms with Crippen LogP contribution in [0, 0.1) is 5.92 Å². The first-order chi connectivity index (χ1) is 16.1. The standard InChI is InChI=1S/C27H39N5O/c1-3-28-27(29-16-10-17-31(2)21-24-13-8-5-9-14-24)30-20-25-19-26(33)32(22-25)18-15-23-11-6-4-7-12-23/h4-9,11-14,25H,3,10,15-22H2,1-2H3,(H2,28,29,30). The van der Waals surface area contributed by atoms with Gasteiger partial charge in [0.05, 0.1) is 0 Å². The van der Waals surface area contributed by atoms with E-state index in [1.54, 1.807) is 0 Å². The monoisotopic (exact) mass is 449 g/mol. The molecule has 0 aromatic heterocycles. The number of guanidine groups is 1. The molecule has 1 atom stereocenters. The van der Waals surface area contributed by atoms with Crippen LogP contribution in [0.25, 0.3) is 0 Å². The molecule has 2 aromatic carbocycles. The fraction of sp³-hybridized carbons (Fsp3) is 0.481. The molecule has 3 rings (SSSR count). The molecular weight excluding hydrogens is 410 g/mol. The van der Waals surface area contributed by atoms with Crippen LogP contribution in [0.15, 0.2) is 65.7 Å². The average Bonchev–Trinajstić information content (AvgIpc) is 3.19. The topological polar surface area (TPSA) is 60.0 Å². The molecule has 33 heavy (non-hydrogen) atoms. The summed E-state index contributed by atoms with van der Waals surface area (Å²) >= 11 is 0. The minimum Gasteiger partial charge on any atom is -0.357 e. The lowest BCUT2D eigenvalue weighted by Crippen LogP contribution is -2.39. The Morgan fingerprint density at radius 1 is 1.06 bits per heavy atom. The summed E-state index contributed by atoms with van der Waals surface area (Å²) in [6.45, 7) is 8.04. The van der Waals surface area contributed by atoms with E-state index >= 15 is 0 Å². The summed E-state index contributed by atoms with van der Waals surface area (Å²) in [5.41, 5.74) is 2.62. The molecule has 6 nitrogen and oxygen atoms in total. The van der Waals surface area contributed by atoms with Gasteiger partial charge in [0, 0.05) is 51.6 Å². The fourth-order valence-corrected chi connectivity index (χ4v) is 4.19. The second-order valence-corrected chi connectivity index (χ2v) is 8.87. The van der Waals surface area contributed by atoms with Gasteiger partial charge in [-0.3, -0.25) is 9.79 Å². The third-order valence-corrected chi connectivity index (χ3v) is 5.96. The van der Waals surface area contributed by atoms with E-state index in [2.05, 4.69) is 84.1 Å². The predicted octanol–water partition coefficient (Wildman–Crippen LogP) is 3.15. The highest BCUT2D eigenvalue weighted by molar-refractivity contribution is 5.80. The molecule has 1 aliphatic heterocycles. The van der Waals surface area contributed by atoms with E-state index < -0.39 is 0 Å². The summed E-state index contributed by atoms with van der Waals surface area (Å²) in [5, 5.41) is 6.78. The fourth-order valence-electron chi connectivity index (χ4n) is 4.19. The van der Waals surface area contributed by atoms with Crippen molar-refractivity contribution in [1.82, 2.24) is 20.4 Å². The van der Waals surface area contributed by atoms with Gasteiger partial charge in [0.1, 0.15) is 0 Å². The first-order valence-electron chi connectivity index (χ1n) is 12.2. The molecule has 1 amide bonds. The molecule has 1 aliphatic rings.